The van der Waals surface area contributed by atoms with Crippen LogP contribution in [0.2, 0.25) is 0 Å². The maximum atomic E-state index is 13.1. The van der Waals surface area contributed by atoms with E-state index >= 15 is 0 Å². The number of rotatable bonds is 7. The van der Waals surface area contributed by atoms with Gasteiger partial charge in [-0.15, -0.1) is 0 Å². The first-order valence-electron chi connectivity index (χ1n) is 11.3. The molecule has 1 heterocycles. The fourth-order valence-electron chi connectivity index (χ4n) is 4.50. The molecule has 0 aromatic heterocycles. The van der Waals surface area contributed by atoms with E-state index in [1.807, 2.05) is 4.90 Å². The Hall–Kier alpha value is -2.09. The number of piperidine rings is 1. The van der Waals surface area contributed by atoms with E-state index in [0.29, 0.717) is 37.4 Å². The first kappa shape index (κ1) is 24.6. The van der Waals surface area contributed by atoms with Gasteiger partial charge in [0.15, 0.2) is 0 Å². The minimum Gasteiger partial charge on any atom is -0.481 e. The molecule has 1 amide bonds. The zero-order valence-corrected chi connectivity index (χ0v) is 19.0. The number of carbonyl (C=O) groups is 2. The monoisotopic (exact) mass is 454 g/mol. The molecule has 8 heteroatoms. The molecule has 2 fully saturated rings. The Morgan fingerprint density at radius 2 is 1.81 bits per heavy atom. The highest BCUT2D eigenvalue weighted by molar-refractivity contribution is 5.81. The molecule has 1 aromatic carbocycles. The van der Waals surface area contributed by atoms with E-state index in [4.69, 9.17) is 5.11 Å². The van der Waals surface area contributed by atoms with Crippen LogP contribution in [0.3, 0.4) is 0 Å². The molecule has 178 valence electrons. The van der Waals surface area contributed by atoms with Crippen molar-refractivity contribution in [1.82, 2.24) is 10.2 Å². The molecule has 1 aromatic rings. The van der Waals surface area contributed by atoms with Crippen molar-refractivity contribution in [3.8, 4) is 0 Å². The van der Waals surface area contributed by atoms with Crippen molar-refractivity contribution in [3.63, 3.8) is 0 Å². The summed E-state index contributed by atoms with van der Waals surface area (Å²) >= 11 is 0. The number of aliphatic carboxylic acids is 1. The predicted octanol–water partition coefficient (Wildman–Crippen LogP) is 4.45. The third-order valence-corrected chi connectivity index (χ3v) is 6.46. The van der Waals surface area contributed by atoms with Crippen molar-refractivity contribution < 1.29 is 27.9 Å². The van der Waals surface area contributed by atoms with Gasteiger partial charge in [0, 0.05) is 31.0 Å². The van der Waals surface area contributed by atoms with Crippen LogP contribution in [0, 0.1) is 11.8 Å². The number of carboxylic acid groups (broad SMARTS) is 1. The molecular formula is C24H33F3N2O3. The van der Waals surface area contributed by atoms with Crippen LogP contribution in [-0.2, 0) is 22.2 Å². The van der Waals surface area contributed by atoms with Gasteiger partial charge in [-0.2, -0.15) is 13.2 Å². The molecular weight excluding hydrogens is 421 g/mol. The molecule has 0 bridgehead atoms. The molecule has 2 unspecified atom stereocenters. The Morgan fingerprint density at radius 3 is 2.38 bits per heavy atom. The van der Waals surface area contributed by atoms with E-state index in [1.54, 1.807) is 0 Å². The van der Waals surface area contributed by atoms with Gasteiger partial charge in [0.2, 0.25) is 5.91 Å². The minimum absolute atomic E-state index is 0.0224. The average molecular weight is 455 g/mol. The van der Waals surface area contributed by atoms with Gasteiger partial charge in [-0.3, -0.25) is 9.59 Å². The Bertz CT molecular complexity index is 840. The lowest BCUT2D eigenvalue weighted by molar-refractivity contribution is -0.138. The van der Waals surface area contributed by atoms with Crippen LogP contribution in [-0.4, -0.2) is 47.1 Å². The van der Waals surface area contributed by atoms with E-state index in [-0.39, 0.29) is 36.1 Å². The van der Waals surface area contributed by atoms with Gasteiger partial charge in [0.1, 0.15) is 0 Å². The second kappa shape index (κ2) is 9.41. The van der Waals surface area contributed by atoms with Crippen LogP contribution >= 0.6 is 0 Å². The summed E-state index contributed by atoms with van der Waals surface area (Å²) in [5.41, 5.74) is 0.500. The van der Waals surface area contributed by atoms with Crippen LogP contribution < -0.4 is 5.32 Å². The summed E-state index contributed by atoms with van der Waals surface area (Å²) in [7, 11) is 0. The van der Waals surface area contributed by atoms with Gasteiger partial charge in [-0.1, -0.05) is 6.07 Å². The highest BCUT2D eigenvalue weighted by Crippen LogP contribution is 2.41. The molecule has 32 heavy (non-hydrogen) atoms. The number of nitrogens with one attached hydrogen (secondary N) is 1. The Labute approximate surface area is 187 Å². The van der Waals surface area contributed by atoms with Gasteiger partial charge < -0.3 is 15.3 Å². The predicted molar refractivity (Wildman–Crippen MR) is 115 cm³/mol. The number of nitrogens with zero attached hydrogens (tertiary/aromatic N) is 1. The number of hydrogen-bond acceptors (Lipinski definition) is 3. The van der Waals surface area contributed by atoms with Gasteiger partial charge >= 0.3 is 12.1 Å². The number of carbonyl (C=O) groups excluding carboxylic acids is 1. The molecule has 1 aliphatic heterocycles. The summed E-state index contributed by atoms with van der Waals surface area (Å²) in [6.45, 7) is 8.29. The van der Waals surface area contributed by atoms with Gasteiger partial charge in [-0.25, -0.2) is 0 Å². The van der Waals surface area contributed by atoms with Crippen LogP contribution in [0.4, 0.5) is 13.2 Å². The van der Waals surface area contributed by atoms with Crippen molar-refractivity contribution >= 4 is 11.9 Å². The standard InChI is InChI=1S/C24H33F3N2O3/c1-23(2,3)28-14-17-13-20(17)22(32)29-10-8-15(9-11-29)19-6-5-18(24(25,26)27)12-16(19)4-7-21(30)31/h5-6,12,15,17,20,28H,4,7-11,13-14H2,1-3H3,(H,30,31). The summed E-state index contributed by atoms with van der Waals surface area (Å²) in [6.07, 6.45) is -2.35. The molecule has 0 spiro atoms. The van der Waals surface area contributed by atoms with Crippen molar-refractivity contribution in [3.05, 3.63) is 34.9 Å². The third-order valence-electron chi connectivity index (χ3n) is 6.46. The van der Waals surface area contributed by atoms with Crippen LogP contribution in [0.5, 0.6) is 0 Å². The SMILES string of the molecule is CC(C)(C)NCC1CC1C(=O)N1CCC(c2ccc(C(F)(F)F)cc2CCC(=O)O)CC1. The molecule has 5 nitrogen and oxygen atoms in total. The van der Waals surface area contributed by atoms with Crippen molar-refractivity contribution in [1.29, 1.82) is 0 Å². The van der Waals surface area contributed by atoms with Gasteiger partial charge in [0.25, 0.3) is 0 Å². The number of aryl methyl sites for hydroxylation is 1. The quantitative estimate of drug-likeness (QED) is 0.639. The molecule has 2 aliphatic rings. The lowest BCUT2D eigenvalue weighted by atomic mass is 9.84. The molecule has 1 aliphatic carbocycles. The number of benzene rings is 1. The summed E-state index contributed by atoms with van der Waals surface area (Å²) in [4.78, 5) is 25.7. The maximum Gasteiger partial charge on any atom is 0.416 e. The van der Waals surface area contributed by atoms with E-state index in [1.165, 1.54) is 6.07 Å². The summed E-state index contributed by atoms with van der Waals surface area (Å²) in [5, 5.41) is 12.4. The highest BCUT2D eigenvalue weighted by Gasteiger charge is 2.45. The fraction of sp³-hybridized carbons (Fsp3) is 0.667. The number of likely N-dealkylation sites (tertiary alicyclic amines) is 1. The molecule has 3 rings (SSSR count). The number of alkyl halides is 3. The van der Waals surface area contributed by atoms with Gasteiger partial charge in [-0.05, 0) is 88.1 Å². The summed E-state index contributed by atoms with van der Waals surface area (Å²) in [6, 6.07) is 3.66. The van der Waals surface area contributed by atoms with Gasteiger partial charge in [0.05, 0.1) is 5.56 Å². The van der Waals surface area contributed by atoms with Crippen LogP contribution in [0.15, 0.2) is 18.2 Å². The van der Waals surface area contributed by atoms with E-state index < -0.39 is 17.7 Å². The van der Waals surface area contributed by atoms with Crippen LogP contribution in [0.25, 0.3) is 0 Å². The average Bonchev–Trinajstić information content (AvgIpc) is 3.49. The summed E-state index contributed by atoms with van der Waals surface area (Å²) in [5.74, 6) is -0.380. The van der Waals surface area contributed by atoms with Crippen molar-refractivity contribution in [2.45, 2.75) is 70.5 Å². The van der Waals surface area contributed by atoms with E-state index in [0.717, 1.165) is 30.7 Å². The highest BCUT2D eigenvalue weighted by atomic mass is 19.4. The van der Waals surface area contributed by atoms with E-state index in [9.17, 15) is 22.8 Å². The van der Waals surface area contributed by atoms with Crippen molar-refractivity contribution in [2.24, 2.45) is 11.8 Å². The Balaban J connectivity index is 1.61. The molecule has 2 N–H and O–H groups in total. The lowest BCUT2D eigenvalue weighted by Crippen LogP contribution is -2.40. The zero-order chi connectivity index (χ0) is 23.7. The second-order valence-corrected chi connectivity index (χ2v) is 10.1. The molecule has 1 saturated carbocycles. The smallest absolute Gasteiger partial charge is 0.416 e. The first-order chi connectivity index (χ1) is 14.8. The zero-order valence-electron chi connectivity index (χ0n) is 19.0. The van der Waals surface area contributed by atoms with E-state index in [2.05, 4.69) is 26.1 Å². The molecule has 2 atom stereocenters. The number of amides is 1. The first-order valence-corrected chi connectivity index (χ1v) is 11.3. The fourth-order valence-corrected chi connectivity index (χ4v) is 4.50. The topological polar surface area (TPSA) is 69.6 Å². The summed E-state index contributed by atoms with van der Waals surface area (Å²) < 4.78 is 39.4. The molecule has 1 saturated heterocycles. The molecule has 0 radical (unpaired) electrons. The minimum atomic E-state index is -4.46. The maximum absolute atomic E-state index is 13.1. The largest absolute Gasteiger partial charge is 0.481 e. The second-order valence-electron chi connectivity index (χ2n) is 10.1. The Morgan fingerprint density at radius 1 is 1.16 bits per heavy atom. The Kier molecular flexibility index (Phi) is 7.22. The third kappa shape index (κ3) is 6.47. The van der Waals surface area contributed by atoms with Crippen molar-refractivity contribution in [2.75, 3.05) is 19.6 Å². The normalized spacial score (nSPS) is 22.1. The number of hydrogen-bond donors (Lipinski definition) is 2. The lowest BCUT2D eigenvalue weighted by Gasteiger charge is -2.33. The van der Waals surface area contributed by atoms with Crippen LogP contribution in [0.1, 0.15) is 69.1 Å². The number of carboxylic acids is 1. The number of halogens is 3.